The Kier molecular flexibility index (Phi) is 19.2. The van der Waals surface area contributed by atoms with E-state index in [1.807, 2.05) is 0 Å². The molecule has 12 heavy (non-hydrogen) atoms. The van der Waals surface area contributed by atoms with E-state index in [4.69, 9.17) is 5.73 Å². The van der Waals surface area contributed by atoms with Crippen LogP contribution < -0.4 is 5.73 Å². The molecule has 6 nitrogen and oxygen atoms in total. The highest BCUT2D eigenvalue weighted by Crippen LogP contribution is 1.97. The molecule has 0 spiro atoms. The van der Waals surface area contributed by atoms with Crippen molar-refractivity contribution in [1.29, 1.82) is 0 Å². The average Bonchev–Trinajstić information content (AvgIpc) is 2.12. The average molecular weight is 219 g/mol. The predicted molar refractivity (Wildman–Crippen MR) is 48.7 cm³/mol. The highest BCUT2D eigenvalue weighted by molar-refractivity contribution is 7.07. The van der Waals surface area contributed by atoms with Gasteiger partial charge in [-0.2, -0.15) is 0 Å². The second-order valence-electron chi connectivity index (χ2n) is 1.24. The summed E-state index contributed by atoms with van der Waals surface area (Å²) in [5, 5.41) is 1.61. The van der Waals surface area contributed by atoms with Crippen molar-refractivity contribution < 1.29 is 21.2 Å². The second kappa shape index (κ2) is 10.3. The maximum absolute atomic E-state index is 10.2. The van der Waals surface area contributed by atoms with Gasteiger partial charge in [0.25, 0.3) is 5.91 Å². The van der Waals surface area contributed by atoms with Gasteiger partial charge in [0.1, 0.15) is 5.69 Å². The summed E-state index contributed by atoms with van der Waals surface area (Å²) in [6.45, 7) is 0. The Morgan fingerprint density at radius 1 is 1.42 bits per heavy atom. The monoisotopic (exact) mass is 218 g/mol. The third-order valence-corrected chi connectivity index (χ3v) is 1.27. The lowest BCUT2D eigenvalue weighted by Crippen LogP contribution is -2.10. The number of hydrogen-bond acceptors (Lipinski definition) is 3. The molecule has 1 aromatic rings. The van der Waals surface area contributed by atoms with Gasteiger partial charge in [0, 0.05) is 5.38 Å². The number of rotatable bonds is 1. The van der Waals surface area contributed by atoms with Crippen LogP contribution in [0.3, 0.4) is 0 Å². The van der Waals surface area contributed by atoms with Gasteiger partial charge >= 0.3 is 0 Å². The largest absolute Gasteiger partial charge is 0.412 e. The van der Waals surface area contributed by atoms with Gasteiger partial charge < -0.3 is 22.2 Å². The first-order valence-corrected chi connectivity index (χ1v) is 2.93. The molecule has 8 N–H and O–H groups in total. The number of hydrogen-bond donors (Lipinski definition) is 1. The molecule has 0 aliphatic carbocycles. The third kappa shape index (κ3) is 6.01. The fourth-order valence-electron chi connectivity index (χ4n) is 0.334. The van der Waals surface area contributed by atoms with Crippen LogP contribution in [0.15, 0.2) is 10.9 Å². The molecule has 0 saturated heterocycles. The summed E-state index contributed by atoms with van der Waals surface area (Å²) in [7, 11) is 0. The van der Waals surface area contributed by atoms with Crippen LogP contribution in [0.2, 0.25) is 0 Å². The smallest absolute Gasteiger partial charge is 0.268 e. The standard InChI is InChI=1S/C4H4N2OS.ClH.3H2O/c5-4(7)3-1-8-2-6-3;;;;/h1-2H,(H2,5,7);1H;3*1H2. The number of nitrogens with zero attached hydrogens (tertiary/aromatic N) is 1. The Bertz CT molecular complexity index is 193. The van der Waals surface area contributed by atoms with Crippen molar-refractivity contribution in [2.45, 2.75) is 0 Å². The Hall–Kier alpha value is -0.730. The summed E-state index contributed by atoms with van der Waals surface area (Å²) >= 11 is 1.36. The Balaban J connectivity index is -0.0000000800. The van der Waals surface area contributed by atoms with Crippen molar-refractivity contribution in [3.63, 3.8) is 0 Å². The Morgan fingerprint density at radius 2 is 1.92 bits per heavy atom. The van der Waals surface area contributed by atoms with E-state index in [-0.39, 0.29) is 28.8 Å². The zero-order valence-corrected chi connectivity index (χ0v) is 7.54. The van der Waals surface area contributed by atoms with Gasteiger partial charge in [-0.1, -0.05) is 0 Å². The summed E-state index contributed by atoms with van der Waals surface area (Å²) in [6.07, 6.45) is 0. The predicted octanol–water partition coefficient (Wildman–Crippen LogP) is -1.81. The summed E-state index contributed by atoms with van der Waals surface area (Å²) < 4.78 is 0. The zero-order valence-electron chi connectivity index (χ0n) is 5.90. The van der Waals surface area contributed by atoms with Crippen LogP contribution in [0, 0.1) is 0 Å². The molecule has 1 rings (SSSR count). The number of aromatic nitrogens is 1. The van der Waals surface area contributed by atoms with E-state index in [0.717, 1.165) is 0 Å². The van der Waals surface area contributed by atoms with E-state index in [2.05, 4.69) is 4.98 Å². The minimum absolute atomic E-state index is 0. The van der Waals surface area contributed by atoms with Gasteiger partial charge in [0.2, 0.25) is 0 Å². The second-order valence-corrected chi connectivity index (χ2v) is 1.96. The Morgan fingerprint density at radius 3 is 2.08 bits per heavy atom. The molecule has 0 saturated carbocycles. The summed E-state index contributed by atoms with van der Waals surface area (Å²) in [5.74, 6) is -0.466. The van der Waals surface area contributed by atoms with Gasteiger partial charge in [-0.3, -0.25) is 4.79 Å². The SMILES string of the molecule is Cl.NC(=O)c1cscn1.O.O.O. The van der Waals surface area contributed by atoms with Crippen molar-refractivity contribution in [3.05, 3.63) is 16.6 Å². The number of thiazole rings is 1. The first-order chi connectivity index (χ1) is 3.80. The topological polar surface area (TPSA) is 150 Å². The van der Waals surface area contributed by atoms with Crippen LogP contribution in [0.25, 0.3) is 0 Å². The number of amides is 1. The molecule has 8 heteroatoms. The Labute approximate surface area is 78.8 Å². The lowest BCUT2D eigenvalue weighted by atomic mass is 10.5. The van der Waals surface area contributed by atoms with Crippen molar-refractivity contribution in [3.8, 4) is 0 Å². The van der Waals surface area contributed by atoms with Gasteiger partial charge in [-0.15, -0.1) is 23.7 Å². The van der Waals surface area contributed by atoms with Crippen LogP contribution in [0.4, 0.5) is 0 Å². The fourth-order valence-corrected chi connectivity index (χ4v) is 0.875. The summed E-state index contributed by atoms with van der Waals surface area (Å²) in [6, 6.07) is 0. The molecule has 1 amide bonds. The van der Waals surface area contributed by atoms with E-state index < -0.39 is 5.91 Å². The van der Waals surface area contributed by atoms with Crippen LogP contribution in [0.5, 0.6) is 0 Å². The van der Waals surface area contributed by atoms with E-state index in [1.165, 1.54) is 11.3 Å². The lowest BCUT2D eigenvalue weighted by Gasteiger charge is -1.79. The maximum atomic E-state index is 10.2. The van der Waals surface area contributed by atoms with Crippen molar-refractivity contribution in [2.75, 3.05) is 0 Å². The van der Waals surface area contributed by atoms with E-state index in [1.54, 1.807) is 10.9 Å². The first-order valence-electron chi connectivity index (χ1n) is 1.98. The van der Waals surface area contributed by atoms with Gasteiger partial charge in [-0.25, -0.2) is 4.98 Å². The van der Waals surface area contributed by atoms with Crippen LogP contribution in [0.1, 0.15) is 10.5 Å². The number of carbonyl (C=O) groups is 1. The van der Waals surface area contributed by atoms with E-state index in [9.17, 15) is 4.79 Å². The summed E-state index contributed by atoms with van der Waals surface area (Å²) in [4.78, 5) is 13.9. The molecule has 1 aromatic heterocycles. The highest BCUT2D eigenvalue weighted by atomic mass is 35.5. The number of nitrogens with two attached hydrogens (primary N) is 1. The molecule has 0 atom stereocenters. The van der Waals surface area contributed by atoms with Gasteiger partial charge in [0.05, 0.1) is 5.51 Å². The highest BCUT2D eigenvalue weighted by Gasteiger charge is 1.98. The minimum Gasteiger partial charge on any atom is -0.412 e. The van der Waals surface area contributed by atoms with E-state index >= 15 is 0 Å². The molecular weight excluding hydrogens is 208 g/mol. The number of halogens is 1. The van der Waals surface area contributed by atoms with E-state index in [0.29, 0.717) is 5.69 Å². The van der Waals surface area contributed by atoms with Gasteiger partial charge in [-0.05, 0) is 0 Å². The molecule has 0 aliphatic heterocycles. The molecule has 0 fully saturated rings. The fraction of sp³-hybridized carbons (Fsp3) is 0. The van der Waals surface area contributed by atoms with Crippen LogP contribution in [-0.4, -0.2) is 27.3 Å². The number of primary amides is 1. The third-order valence-electron chi connectivity index (χ3n) is 0.685. The molecule has 0 unspecified atom stereocenters. The minimum atomic E-state index is -0.466. The maximum Gasteiger partial charge on any atom is 0.268 e. The molecule has 74 valence electrons. The molecule has 0 bridgehead atoms. The van der Waals surface area contributed by atoms with Crippen molar-refractivity contribution >= 4 is 29.7 Å². The molecule has 0 aromatic carbocycles. The lowest BCUT2D eigenvalue weighted by molar-refractivity contribution is 0.0996. The molecule has 0 radical (unpaired) electrons. The molecular formula is C4H11ClN2O4S. The van der Waals surface area contributed by atoms with Crippen LogP contribution >= 0.6 is 23.7 Å². The van der Waals surface area contributed by atoms with Crippen molar-refractivity contribution in [2.24, 2.45) is 5.73 Å². The molecule has 0 aliphatic rings. The van der Waals surface area contributed by atoms with Crippen LogP contribution in [-0.2, 0) is 0 Å². The summed E-state index contributed by atoms with van der Waals surface area (Å²) in [5.41, 5.74) is 6.78. The quantitative estimate of drug-likeness (QED) is 0.591. The number of carbonyl (C=O) groups excluding carboxylic acids is 1. The molecule has 1 heterocycles. The van der Waals surface area contributed by atoms with Crippen molar-refractivity contribution in [1.82, 2.24) is 4.98 Å². The first kappa shape index (κ1) is 22.5. The zero-order chi connectivity index (χ0) is 5.98. The van der Waals surface area contributed by atoms with Gasteiger partial charge in [0.15, 0.2) is 0 Å². The normalized spacial score (nSPS) is 6.00.